The van der Waals surface area contributed by atoms with Gasteiger partial charge in [0.1, 0.15) is 0 Å². The van der Waals surface area contributed by atoms with E-state index < -0.39 is 22.0 Å². The van der Waals surface area contributed by atoms with Crippen LogP contribution in [0.5, 0.6) is 0 Å². The number of carbonyl (C=O) groups is 2. The van der Waals surface area contributed by atoms with Gasteiger partial charge in [0.2, 0.25) is 5.60 Å². The first-order valence-electron chi connectivity index (χ1n) is 5.23. The minimum atomic E-state index is -2.28. The summed E-state index contributed by atoms with van der Waals surface area (Å²) < 4.78 is 0. The van der Waals surface area contributed by atoms with Gasteiger partial charge in [0.05, 0.1) is 0 Å². The number of hydrogen-bond acceptors (Lipinski definition) is 3. The Labute approximate surface area is 105 Å². The van der Waals surface area contributed by atoms with Gasteiger partial charge < -0.3 is 5.11 Å². The van der Waals surface area contributed by atoms with E-state index in [0.717, 1.165) is 0 Å². The third kappa shape index (κ3) is 2.56. The van der Waals surface area contributed by atoms with Crippen LogP contribution in [-0.4, -0.2) is 16.1 Å². The predicted octanol–water partition coefficient (Wildman–Crippen LogP) is 2.25. The van der Waals surface area contributed by atoms with Gasteiger partial charge >= 0.3 is 0 Å². The summed E-state index contributed by atoms with van der Waals surface area (Å²) in [5, 5.41) is 9.25. The van der Waals surface area contributed by atoms with Crippen LogP contribution < -0.4 is 0 Å². The lowest BCUT2D eigenvalue weighted by molar-refractivity contribution is -0.153. The summed E-state index contributed by atoms with van der Waals surface area (Å²) in [6.07, 6.45) is 0. The third-order valence-corrected chi connectivity index (χ3v) is 2.76. The molecular weight excluding hydrogens is 240 g/mol. The normalized spacial score (nSPS) is 15.1. The molecule has 0 aliphatic rings. The highest BCUT2D eigenvalue weighted by Crippen LogP contribution is 2.33. The van der Waals surface area contributed by atoms with E-state index in [1.54, 1.807) is 39.0 Å². The number of Topliss-reactive ketones (excluding diaryl/α,β-unsaturated/α-hetero) is 1. The Morgan fingerprint density at radius 2 is 1.59 bits per heavy atom. The molecule has 17 heavy (non-hydrogen) atoms. The molecule has 0 aliphatic heterocycles. The van der Waals surface area contributed by atoms with E-state index in [4.69, 9.17) is 11.6 Å². The summed E-state index contributed by atoms with van der Waals surface area (Å²) in [5.74, 6) is -0.615. The molecule has 0 bridgehead atoms. The van der Waals surface area contributed by atoms with Crippen LogP contribution in [0.2, 0.25) is 0 Å². The number of carbonyl (C=O) groups excluding carboxylic acids is 2. The number of aliphatic hydroxyl groups is 1. The number of ketones is 1. The SMILES string of the molecule is CC(C)(C)C(=O)C(O)(C(=O)Cl)c1ccccc1. The molecular formula is C13H15ClO3. The molecule has 3 nitrogen and oxygen atoms in total. The van der Waals surface area contributed by atoms with Crippen molar-refractivity contribution in [1.82, 2.24) is 0 Å². The second-order valence-electron chi connectivity index (χ2n) is 4.93. The summed E-state index contributed by atoms with van der Waals surface area (Å²) >= 11 is 5.41. The smallest absolute Gasteiger partial charge is 0.265 e. The van der Waals surface area contributed by atoms with Crippen LogP contribution in [0.15, 0.2) is 30.3 Å². The van der Waals surface area contributed by atoms with E-state index in [1.165, 1.54) is 12.1 Å². The highest BCUT2D eigenvalue weighted by molar-refractivity contribution is 6.67. The first-order chi connectivity index (χ1) is 7.70. The zero-order valence-electron chi connectivity index (χ0n) is 10.0. The maximum Gasteiger partial charge on any atom is 0.265 e. The molecule has 0 aliphatic carbocycles. The van der Waals surface area contributed by atoms with Gasteiger partial charge in [0, 0.05) is 5.41 Å². The summed E-state index contributed by atoms with van der Waals surface area (Å²) in [4.78, 5) is 23.6. The highest BCUT2D eigenvalue weighted by atomic mass is 35.5. The lowest BCUT2D eigenvalue weighted by atomic mass is 9.77. The number of halogens is 1. The predicted molar refractivity (Wildman–Crippen MR) is 65.7 cm³/mol. The Kier molecular flexibility index (Phi) is 3.74. The number of rotatable bonds is 3. The van der Waals surface area contributed by atoms with Crippen molar-refractivity contribution < 1.29 is 14.7 Å². The van der Waals surface area contributed by atoms with Crippen LogP contribution in [0.25, 0.3) is 0 Å². The molecule has 1 N–H and O–H groups in total. The molecule has 4 heteroatoms. The monoisotopic (exact) mass is 254 g/mol. The average molecular weight is 255 g/mol. The van der Waals surface area contributed by atoms with Crippen molar-refractivity contribution in [3.8, 4) is 0 Å². The molecule has 0 aromatic heterocycles. The van der Waals surface area contributed by atoms with E-state index in [9.17, 15) is 14.7 Å². The molecule has 0 saturated heterocycles. The van der Waals surface area contributed by atoms with E-state index in [0.29, 0.717) is 0 Å². The quantitative estimate of drug-likeness (QED) is 0.665. The maximum atomic E-state index is 12.2. The Morgan fingerprint density at radius 3 is 1.94 bits per heavy atom. The molecule has 0 spiro atoms. The Hall–Kier alpha value is -1.19. The van der Waals surface area contributed by atoms with Crippen LogP contribution in [0, 0.1) is 5.41 Å². The van der Waals surface area contributed by atoms with Gasteiger partial charge in [-0.05, 0) is 17.2 Å². The summed E-state index contributed by atoms with van der Waals surface area (Å²) in [6, 6.07) is 8.00. The van der Waals surface area contributed by atoms with Gasteiger partial charge in [-0.25, -0.2) is 0 Å². The van der Waals surface area contributed by atoms with E-state index in [2.05, 4.69) is 0 Å². The van der Waals surface area contributed by atoms with E-state index in [1.807, 2.05) is 0 Å². The zero-order valence-corrected chi connectivity index (χ0v) is 10.8. The minimum absolute atomic E-state index is 0.194. The van der Waals surface area contributed by atoms with E-state index in [-0.39, 0.29) is 5.56 Å². The van der Waals surface area contributed by atoms with Crippen molar-refractivity contribution in [2.75, 3.05) is 0 Å². The van der Waals surface area contributed by atoms with Crippen LogP contribution in [-0.2, 0) is 15.2 Å². The van der Waals surface area contributed by atoms with Crippen molar-refractivity contribution in [2.24, 2.45) is 5.41 Å². The van der Waals surface area contributed by atoms with Gasteiger partial charge in [0.15, 0.2) is 5.78 Å². The molecule has 0 heterocycles. The van der Waals surface area contributed by atoms with Crippen LogP contribution >= 0.6 is 11.6 Å². The summed E-state index contributed by atoms with van der Waals surface area (Å²) in [6.45, 7) is 4.88. The molecule has 1 aromatic rings. The van der Waals surface area contributed by atoms with Crippen molar-refractivity contribution in [2.45, 2.75) is 26.4 Å². The lowest BCUT2D eigenvalue weighted by Gasteiger charge is -2.29. The standard InChI is InChI=1S/C13H15ClO3/c1-12(2,3)10(15)13(17,11(14)16)9-7-5-4-6-8-9/h4-8,17H,1-3H3. The van der Waals surface area contributed by atoms with Gasteiger partial charge in [-0.15, -0.1) is 0 Å². The summed E-state index contributed by atoms with van der Waals surface area (Å²) in [5.41, 5.74) is -2.95. The highest BCUT2D eigenvalue weighted by Gasteiger charge is 2.48. The van der Waals surface area contributed by atoms with Crippen LogP contribution in [0.3, 0.4) is 0 Å². The van der Waals surface area contributed by atoms with E-state index >= 15 is 0 Å². The average Bonchev–Trinajstić information content (AvgIpc) is 2.26. The Balaban J connectivity index is 3.35. The Morgan fingerprint density at radius 1 is 1.12 bits per heavy atom. The number of benzene rings is 1. The van der Waals surface area contributed by atoms with Gasteiger partial charge in [0.25, 0.3) is 5.24 Å². The molecule has 0 saturated carbocycles. The largest absolute Gasteiger partial charge is 0.370 e. The number of hydrogen-bond donors (Lipinski definition) is 1. The zero-order chi connectivity index (χ0) is 13.3. The third-order valence-electron chi connectivity index (χ3n) is 2.49. The summed E-state index contributed by atoms with van der Waals surface area (Å²) in [7, 11) is 0. The second kappa shape index (κ2) is 4.59. The first-order valence-corrected chi connectivity index (χ1v) is 5.61. The topological polar surface area (TPSA) is 54.4 Å². The van der Waals surface area contributed by atoms with Crippen molar-refractivity contribution in [3.05, 3.63) is 35.9 Å². The fourth-order valence-electron chi connectivity index (χ4n) is 1.56. The minimum Gasteiger partial charge on any atom is -0.370 e. The molecule has 0 fully saturated rings. The molecule has 1 atom stereocenters. The molecule has 0 radical (unpaired) electrons. The van der Waals surface area contributed by atoms with Gasteiger partial charge in [-0.3, -0.25) is 9.59 Å². The second-order valence-corrected chi connectivity index (χ2v) is 5.27. The van der Waals surface area contributed by atoms with Gasteiger partial charge in [-0.2, -0.15) is 0 Å². The molecule has 0 amide bonds. The maximum absolute atomic E-state index is 12.2. The fourth-order valence-corrected chi connectivity index (χ4v) is 1.75. The molecule has 92 valence electrons. The molecule has 1 rings (SSSR count). The first kappa shape index (κ1) is 13.9. The Bertz CT molecular complexity index is 434. The van der Waals surface area contributed by atoms with Crippen molar-refractivity contribution >= 4 is 22.6 Å². The molecule has 1 aromatic carbocycles. The fraction of sp³-hybridized carbons (Fsp3) is 0.385. The van der Waals surface area contributed by atoms with Crippen molar-refractivity contribution in [3.63, 3.8) is 0 Å². The lowest BCUT2D eigenvalue weighted by Crippen LogP contribution is -2.47. The van der Waals surface area contributed by atoms with Gasteiger partial charge in [-0.1, -0.05) is 51.1 Å². The van der Waals surface area contributed by atoms with Crippen LogP contribution in [0.1, 0.15) is 26.3 Å². The van der Waals surface area contributed by atoms with Crippen molar-refractivity contribution in [1.29, 1.82) is 0 Å². The molecule has 1 unspecified atom stereocenters. The van der Waals surface area contributed by atoms with Crippen LogP contribution in [0.4, 0.5) is 0 Å².